The predicted molar refractivity (Wildman–Crippen MR) is 64.7 cm³/mol. The summed E-state index contributed by atoms with van der Waals surface area (Å²) < 4.78 is 10.4. The molecule has 0 saturated carbocycles. The summed E-state index contributed by atoms with van der Waals surface area (Å²) in [5.74, 6) is 0.124. The lowest BCUT2D eigenvalue weighted by atomic mass is 9.89. The first kappa shape index (κ1) is 14.4. The van der Waals surface area contributed by atoms with Gasteiger partial charge in [-0.1, -0.05) is 13.5 Å². The highest BCUT2D eigenvalue weighted by Gasteiger charge is 2.23. The van der Waals surface area contributed by atoms with E-state index in [9.17, 15) is 4.79 Å². The van der Waals surface area contributed by atoms with Crippen molar-refractivity contribution >= 4 is 16.5 Å². The topological polar surface area (TPSA) is 35.5 Å². The average Bonchev–Trinajstić information content (AvgIpc) is 2.23. The Kier molecular flexibility index (Phi) is 6.52. The third-order valence-electron chi connectivity index (χ3n) is 2.91. The number of rotatable bonds is 7. The molecule has 0 aromatic rings. The molecule has 0 N–H and O–H groups in total. The van der Waals surface area contributed by atoms with E-state index in [0.29, 0.717) is 12.5 Å². The number of carbonyl (C=O) groups is 1. The Bertz CT molecular complexity index is 214. The molecular formula is C11H22O3Si. The van der Waals surface area contributed by atoms with Crippen LogP contribution in [0.5, 0.6) is 0 Å². The van der Waals surface area contributed by atoms with E-state index >= 15 is 0 Å². The fourth-order valence-electron chi connectivity index (χ4n) is 1.17. The summed E-state index contributed by atoms with van der Waals surface area (Å²) in [5, 5.41) is 0. The van der Waals surface area contributed by atoms with Crippen LogP contribution in [0, 0.1) is 5.92 Å². The van der Waals surface area contributed by atoms with Crippen LogP contribution in [0.4, 0.5) is 0 Å². The van der Waals surface area contributed by atoms with Gasteiger partial charge in [0, 0.05) is 6.08 Å². The van der Waals surface area contributed by atoms with E-state index in [1.807, 2.05) is 0 Å². The summed E-state index contributed by atoms with van der Waals surface area (Å²) in [4.78, 5) is 10.8. The van der Waals surface area contributed by atoms with Gasteiger partial charge in [0.25, 0.3) is 0 Å². The van der Waals surface area contributed by atoms with Gasteiger partial charge in [-0.3, -0.25) is 0 Å². The zero-order chi connectivity index (χ0) is 11.9. The number of ether oxygens (including phenoxy) is 1. The van der Waals surface area contributed by atoms with Crippen LogP contribution < -0.4 is 0 Å². The van der Waals surface area contributed by atoms with Gasteiger partial charge in [0.15, 0.2) is 0 Å². The SMILES string of the molecule is C=CC(=O)OCCCC(C)C(C)(C)O[SiH3]. The molecule has 0 amide bonds. The lowest BCUT2D eigenvalue weighted by Gasteiger charge is -2.31. The van der Waals surface area contributed by atoms with Gasteiger partial charge in [0.1, 0.15) is 10.5 Å². The highest BCUT2D eigenvalue weighted by Crippen LogP contribution is 2.23. The van der Waals surface area contributed by atoms with Crippen LogP contribution in [0.15, 0.2) is 12.7 Å². The van der Waals surface area contributed by atoms with Crippen molar-refractivity contribution in [1.82, 2.24) is 0 Å². The molecule has 0 radical (unpaired) electrons. The van der Waals surface area contributed by atoms with E-state index in [0.717, 1.165) is 23.3 Å². The summed E-state index contributed by atoms with van der Waals surface area (Å²) in [5.41, 5.74) is -0.0608. The molecule has 88 valence electrons. The largest absolute Gasteiger partial charge is 0.463 e. The van der Waals surface area contributed by atoms with Crippen molar-refractivity contribution in [2.45, 2.75) is 39.2 Å². The van der Waals surface area contributed by atoms with E-state index < -0.39 is 0 Å². The molecule has 0 aliphatic carbocycles. The fraction of sp³-hybridized carbons (Fsp3) is 0.727. The summed E-state index contributed by atoms with van der Waals surface area (Å²) in [6.45, 7) is 10.2. The van der Waals surface area contributed by atoms with Crippen LogP contribution in [0.2, 0.25) is 0 Å². The Morgan fingerprint density at radius 2 is 2.20 bits per heavy atom. The Balaban J connectivity index is 3.68. The number of hydrogen-bond donors (Lipinski definition) is 0. The van der Waals surface area contributed by atoms with E-state index in [2.05, 4.69) is 27.4 Å². The van der Waals surface area contributed by atoms with Crippen LogP contribution in [-0.4, -0.2) is 28.7 Å². The van der Waals surface area contributed by atoms with Gasteiger partial charge in [-0.15, -0.1) is 0 Å². The van der Waals surface area contributed by atoms with Gasteiger partial charge in [0.05, 0.1) is 12.2 Å². The first-order chi connectivity index (χ1) is 6.94. The van der Waals surface area contributed by atoms with Crippen LogP contribution in [0.1, 0.15) is 33.6 Å². The number of hydrogen-bond acceptors (Lipinski definition) is 3. The Labute approximate surface area is 95.4 Å². The van der Waals surface area contributed by atoms with Gasteiger partial charge >= 0.3 is 5.97 Å². The maximum Gasteiger partial charge on any atom is 0.330 e. The minimum atomic E-state index is -0.346. The lowest BCUT2D eigenvalue weighted by Crippen LogP contribution is -2.32. The number of esters is 1. The minimum Gasteiger partial charge on any atom is -0.463 e. The second kappa shape index (κ2) is 6.79. The molecule has 0 aromatic heterocycles. The molecule has 0 spiro atoms. The lowest BCUT2D eigenvalue weighted by molar-refractivity contribution is -0.137. The highest BCUT2D eigenvalue weighted by molar-refractivity contribution is 5.98. The Morgan fingerprint density at radius 3 is 2.67 bits per heavy atom. The van der Waals surface area contributed by atoms with Crippen LogP contribution in [0.25, 0.3) is 0 Å². The fourth-order valence-corrected chi connectivity index (χ4v) is 1.57. The molecule has 0 aliphatic heterocycles. The van der Waals surface area contributed by atoms with Crippen LogP contribution in [-0.2, 0) is 14.0 Å². The summed E-state index contributed by atoms with van der Waals surface area (Å²) >= 11 is 0. The minimum absolute atomic E-state index is 0.0608. The molecular weight excluding hydrogens is 208 g/mol. The maximum absolute atomic E-state index is 10.8. The van der Waals surface area contributed by atoms with Crippen LogP contribution in [0.3, 0.4) is 0 Å². The van der Waals surface area contributed by atoms with Gasteiger partial charge < -0.3 is 9.16 Å². The van der Waals surface area contributed by atoms with Crippen molar-refractivity contribution in [3.8, 4) is 0 Å². The van der Waals surface area contributed by atoms with E-state index in [1.165, 1.54) is 6.08 Å². The number of carbonyl (C=O) groups excluding carboxylic acids is 1. The molecule has 3 nitrogen and oxygen atoms in total. The Morgan fingerprint density at radius 1 is 1.60 bits per heavy atom. The molecule has 0 saturated heterocycles. The third kappa shape index (κ3) is 5.74. The molecule has 0 fully saturated rings. The van der Waals surface area contributed by atoms with Gasteiger partial charge in [-0.25, -0.2) is 4.79 Å². The molecule has 0 rings (SSSR count). The summed E-state index contributed by atoms with van der Waals surface area (Å²) in [6, 6.07) is 0. The average molecular weight is 230 g/mol. The second-order valence-corrected chi connectivity index (χ2v) is 4.63. The molecule has 0 heterocycles. The maximum atomic E-state index is 10.8. The van der Waals surface area contributed by atoms with Crippen LogP contribution >= 0.6 is 0 Å². The van der Waals surface area contributed by atoms with Gasteiger partial charge in [-0.2, -0.15) is 0 Å². The smallest absolute Gasteiger partial charge is 0.330 e. The van der Waals surface area contributed by atoms with E-state index in [-0.39, 0.29) is 11.6 Å². The molecule has 15 heavy (non-hydrogen) atoms. The van der Waals surface area contributed by atoms with Crippen molar-refractivity contribution in [2.75, 3.05) is 6.61 Å². The Hall–Kier alpha value is -0.613. The summed E-state index contributed by atoms with van der Waals surface area (Å²) in [7, 11) is 0.754. The third-order valence-corrected chi connectivity index (χ3v) is 3.96. The second-order valence-electron chi connectivity index (χ2n) is 4.22. The molecule has 0 aromatic carbocycles. The predicted octanol–water partition coefficient (Wildman–Crippen LogP) is 1.21. The van der Waals surface area contributed by atoms with Crippen molar-refractivity contribution < 1.29 is 14.0 Å². The zero-order valence-electron chi connectivity index (χ0n) is 10.2. The van der Waals surface area contributed by atoms with Gasteiger partial charge in [-0.05, 0) is 32.6 Å². The molecule has 0 aliphatic rings. The monoisotopic (exact) mass is 230 g/mol. The van der Waals surface area contributed by atoms with Crippen molar-refractivity contribution in [2.24, 2.45) is 5.92 Å². The molecule has 4 heteroatoms. The molecule has 0 bridgehead atoms. The molecule has 1 atom stereocenters. The normalized spacial score (nSPS) is 13.5. The van der Waals surface area contributed by atoms with E-state index in [4.69, 9.17) is 9.16 Å². The van der Waals surface area contributed by atoms with Gasteiger partial charge in [0.2, 0.25) is 0 Å². The zero-order valence-corrected chi connectivity index (χ0v) is 12.2. The van der Waals surface area contributed by atoms with Crippen molar-refractivity contribution in [3.63, 3.8) is 0 Å². The first-order valence-electron chi connectivity index (χ1n) is 5.28. The van der Waals surface area contributed by atoms with Crippen molar-refractivity contribution in [1.29, 1.82) is 0 Å². The first-order valence-corrected chi connectivity index (χ1v) is 6.10. The molecule has 1 unspecified atom stereocenters. The van der Waals surface area contributed by atoms with E-state index in [1.54, 1.807) is 0 Å². The van der Waals surface area contributed by atoms with Crippen molar-refractivity contribution in [3.05, 3.63) is 12.7 Å². The summed E-state index contributed by atoms with van der Waals surface area (Å²) in [6.07, 6.45) is 3.06. The quantitative estimate of drug-likeness (QED) is 0.285. The highest BCUT2D eigenvalue weighted by atomic mass is 28.2. The standard InChI is InChI=1S/C11H22O3Si/c1-5-10(12)13-8-6-7-9(2)11(3,4)14-15/h5,9H,1,6-8H2,2-4,15H3.